The van der Waals surface area contributed by atoms with E-state index in [1.807, 2.05) is 0 Å². The highest BCUT2D eigenvalue weighted by Gasteiger charge is 2.17. The first-order chi connectivity index (χ1) is 6.18. The Morgan fingerprint density at radius 2 is 1.85 bits per heavy atom. The van der Waals surface area contributed by atoms with E-state index in [4.69, 9.17) is 10.5 Å². The first-order valence-electron chi connectivity index (χ1n) is 4.36. The molecule has 0 heterocycles. The van der Waals surface area contributed by atoms with Crippen LogP contribution in [-0.2, 0) is 14.3 Å². The Labute approximate surface area is 76.7 Å². The van der Waals surface area contributed by atoms with Crippen LogP contribution in [0.1, 0.15) is 25.7 Å². The number of hydrogen-bond donors (Lipinski definition) is 1. The van der Waals surface area contributed by atoms with Crippen molar-refractivity contribution in [2.75, 3.05) is 0 Å². The van der Waals surface area contributed by atoms with Gasteiger partial charge in [0, 0.05) is 12.2 Å². The van der Waals surface area contributed by atoms with Gasteiger partial charge in [0.2, 0.25) is 5.91 Å². The van der Waals surface area contributed by atoms with Gasteiger partial charge >= 0.3 is 5.97 Å². The van der Waals surface area contributed by atoms with E-state index in [1.54, 1.807) is 0 Å². The molecule has 0 radical (unpaired) electrons. The number of carbonyl (C=O) groups is 2. The number of amides is 1. The first kappa shape index (κ1) is 9.77. The number of esters is 1. The largest absolute Gasteiger partial charge is 0.459 e. The third-order valence-electron chi connectivity index (χ3n) is 1.97. The molecular formula is C9H13NO3. The van der Waals surface area contributed by atoms with Crippen molar-refractivity contribution in [3.63, 3.8) is 0 Å². The van der Waals surface area contributed by atoms with Gasteiger partial charge in [0.1, 0.15) is 6.10 Å². The average Bonchev–Trinajstić information content (AvgIpc) is 2.53. The summed E-state index contributed by atoms with van der Waals surface area (Å²) in [5.74, 6) is -1.12. The van der Waals surface area contributed by atoms with E-state index in [-0.39, 0.29) is 6.10 Å². The molecule has 1 saturated carbocycles. The van der Waals surface area contributed by atoms with E-state index in [1.165, 1.54) is 0 Å². The molecule has 1 aliphatic carbocycles. The Hall–Kier alpha value is -1.32. The molecule has 1 rings (SSSR count). The summed E-state index contributed by atoms with van der Waals surface area (Å²) in [5, 5.41) is 0. The zero-order chi connectivity index (χ0) is 9.68. The quantitative estimate of drug-likeness (QED) is 0.512. The zero-order valence-electron chi connectivity index (χ0n) is 7.36. The third kappa shape index (κ3) is 3.73. The smallest absolute Gasteiger partial charge is 0.331 e. The fourth-order valence-corrected chi connectivity index (χ4v) is 1.36. The minimum atomic E-state index is -0.636. The highest BCUT2D eigenvalue weighted by Crippen LogP contribution is 2.20. The number of primary amides is 1. The minimum absolute atomic E-state index is 0.0324. The SMILES string of the molecule is NC(=O)/C=C\C(=O)OC1CCCC1. The third-order valence-corrected chi connectivity index (χ3v) is 1.97. The Morgan fingerprint density at radius 1 is 1.23 bits per heavy atom. The van der Waals surface area contributed by atoms with Crippen molar-refractivity contribution in [3.05, 3.63) is 12.2 Å². The summed E-state index contributed by atoms with van der Waals surface area (Å²) in [5.41, 5.74) is 4.82. The van der Waals surface area contributed by atoms with Gasteiger partial charge in [0.05, 0.1) is 0 Å². The van der Waals surface area contributed by atoms with E-state index < -0.39 is 11.9 Å². The Bertz CT molecular complexity index is 229. The zero-order valence-corrected chi connectivity index (χ0v) is 7.36. The van der Waals surface area contributed by atoms with Gasteiger partial charge in [-0.05, 0) is 25.7 Å². The molecule has 0 bridgehead atoms. The van der Waals surface area contributed by atoms with Crippen molar-refractivity contribution in [3.8, 4) is 0 Å². The van der Waals surface area contributed by atoms with Crippen LogP contribution in [0.2, 0.25) is 0 Å². The molecule has 0 aromatic carbocycles. The van der Waals surface area contributed by atoms with Crippen LogP contribution in [0.25, 0.3) is 0 Å². The number of hydrogen-bond acceptors (Lipinski definition) is 3. The number of rotatable bonds is 3. The summed E-state index contributed by atoms with van der Waals surface area (Å²) in [6, 6.07) is 0. The molecule has 1 aliphatic rings. The van der Waals surface area contributed by atoms with Gasteiger partial charge in [0.25, 0.3) is 0 Å². The topological polar surface area (TPSA) is 69.4 Å². The molecule has 1 fully saturated rings. The van der Waals surface area contributed by atoms with E-state index in [0.29, 0.717) is 0 Å². The van der Waals surface area contributed by atoms with Crippen LogP contribution in [-0.4, -0.2) is 18.0 Å². The maximum Gasteiger partial charge on any atom is 0.331 e. The summed E-state index contributed by atoms with van der Waals surface area (Å²) >= 11 is 0. The summed E-state index contributed by atoms with van der Waals surface area (Å²) in [7, 11) is 0. The maximum atomic E-state index is 11.0. The van der Waals surface area contributed by atoms with Crippen molar-refractivity contribution >= 4 is 11.9 Å². The molecule has 2 N–H and O–H groups in total. The van der Waals surface area contributed by atoms with Crippen LogP contribution < -0.4 is 5.73 Å². The molecule has 0 aliphatic heterocycles. The predicted octanol–water partition coefficient (Wildman–Crippen LogP) is 0.514. The second-order valence-electron chi connectivity index (χ2n) is 3.08. The van der Waals surface area contributed by atoms with Gasteiger partial charge in [-0.25, -0.2) is 4.79 Å². The molecule has 1 amide bonds. The summed E-state index contributed by atoms with van der Waals surface area (Å²) in [6.45, 7) is 0. The summed E-state index contributed by atoms with van der Waals surface area (Å²) < 4.78 is 5.03. The van der Waals surface area contributed by atoms with E-state index in [2.05, 4.69) is 0 Å². The van der Waals surface area contributed by atoms with Gasteiger partial charge in [-0.3, -0.25) is 4.79 Å². The van der Waals surface area contributed by atoms with E-state index in [9.17, 15) is 9.59 Å². The molecule has 72 valence electrons. The second kappa shape index (κ2) is 4.64. The highest BCUT2D eigenvalue weighted by atomic mass is 16.5. The lowest BCUT2D eigenvalue weighted by Crippen LogP contribution is -2.13. The summed E-state index contributed by atoms with van der Waals surface area (Å²) in [6.07, 6.45) is 6.18. The van der Waals surface area contributed by atoms with Crippen LogP contribution in [0.3, 0.4) is 0 Å². The van der Waals surface area contributed by atoms with Gasteiger partial charge in [-0.2, -0.15) is 0 Å². The first-order valence-corrected chi connectivity index (χ1v) is 4.36. The van der Waals surface area contributed by atoms with Crippen molar-refractivity contribution in [2.24, 2.45) is 5.73 Å². The van der Waals surface area contributed by atoms with E-state index >= 15 is 0 Å². The predicted molar refractivity (Wildman–Crippen MR) is 46.7 cm³/mol. The second-order valence-corrected chi connectivity index (χ2v) is 3.08. The van der Waals surface area contributed by atoms with Gasteiger partial charge in [0.15, 0.2) is 0 Å². The molecule has 13 heavy (non-hydrogen) atoms. The van der Waals surface area contributed by atoms with Crippen molar-refractivity contribution in [2.45, 2.75) is 31.8 Å². The van der Waals surface area contributed by atoms with Gasteiger partial charge in [-0.15, -0.1) is 0 Å². The number of nitrogens with two attached hydrogens (primary N) is 1. The van der Waals surface area contributed by atoms with Crippen molar-refractivity contribution in [1.82, 2.24) is 0 Å². The van der Waals surface area contributed by atoms with Crippen LogP contribution in [0.5, 0.6) is 0 Å². The summed E-state index contributed by atoms with van der Waals surface area (Å²) in [4.78, 5) is 21.3. The van der Waals surface area contributed by atoms with Crippen molar-refractivity contribution < 1.29 is 14.3 Å². The van der Waals surface area contributed by atoms with Gasteiger partial charge in [-0.1, -0.05) is 0 Å². The van der Waals surface area contributed by atoms with Gasteiger partial charge < -0.3 is 10.5 Å². The Kier molecular flexibility index (Phi) is 3.49. The molecule has 0 unspecified atom stereocenters. The van der Waals surface area contributed by atoms with Crippen LogP contribution >= 0.6 is 0 Å². The lowest BCUT2D eigenvalue weighted by atomic mass is 10.3. The highest BCUT2D eigenvalue weighted by molar-refractivity contribution is 5.93. The maximum absolute atomic E-state index is 11.0. The minimum Gasteiger partial charge on any atom is -0.459 e. The molecule has 4 nitrogen and oxygen atoms in total. The molecule has 4 heteroatoms. The fourth-order valence-electron chi connectivity index (χ4n) is 1.36. The van der Waals surface area contributed by atoms with Crippen LogP contribution in [0.4, 0.5) is 0 Å². The Morgan fingerprint density at radius 3 is 2.38 bits per heavy atom. The number of ether oxygens (including phenoxy) is 1. The molecule has 0 saturated heterocycles. The molecule has 0 aromatic rings. The lowest BCUT2D eigenvalue weighted by Gasteiger charge is -2.08. The molecule has 0 spiro atoms. The standard InChI is InChI=1S/C9H13NO3/c10-8(11)5-6-9(12)13-7-3-1-2-4-7/h5-7H,1-4H2,(H2,10,11)/b6-5-. The normalized spacial score (nSPS) is 17.8. The average molecular weight is 183 g/mol. The molecular weight excluding hydrogens is 170 g/mol. The molecule has 0 aromatic heterocycles. The number of carbonyl (C=O) groups excluding carboxylic acids is 2. The lowest BCUT2D eigenvalue weighted by molar-refractivity contribution is -0.142. The monoisotopic (exact) mass is 183 g/mol. The molecule has 0 atom stereocenters. The fraction of sp³-hybridized carbons (Fsp3) is 0.556. The van der Waals surface area contributed by atoms with E-state index in [0.717, 1.165) is 37.8 Å². The Balaban J connectivity index is 2.28. The van der Waals surface area contributed by atoms with Crippen LogP contribution in [0.15, 0.2) is 12.2 Å². The van der Waals surface area contributed by atoms with Crippen molar-refractivity contribution in [1.29, 1.82) is 0 Å². The van der Waals surface area contributed by atoms with Crippen LogP contribution in [0, 0.1) is 0 Å².